The second-order valence-electron chi connectivity index (χ2n) is 9.13. The van der Waals surface area contributed by atoms with Crippen molar-refractivity contribution in [2.24, 2.45) is 27.8 Å². The van der Waals surface area contributed by atoms with Gasteiger partial charge in [0.05, 0.1) is 11.8 Å². The van der Waals surface area contributed by atoms with Gasteiger partial charge in [0.2, 0.25) is 0 Å². The highest BCUT2D eigenvalue weighted by atomic mass is 16.4. The van der Waals surface area contributed by atoms with Crippen LogP contribution in [0.1, 0.15) is 59.3 Å². The van der Waals surface area contributed by atoms with E-state index in [1.165, 1.54) is 45.1 Å². The Kier molecular flexibility index (Phi) is 2.62. The summed E-state index contributed by atoms with van der Waals surface area (Å²) in [7, 11) is 0. The summed E-state index contributed by atoms with van der Waals surface area (Å²) < 4.78 is 0. The third-order valence-corrected chi connectivity index (χ3v) is 6.57. The van der Waals surface area contributed by atoms with Crippen LogP contribution in [-0.4, -0.2) is 34.4 Å². The van der Waals surface area contributed by atoms with E-state index in [-0.39, 0.29) is 0 Å². The normalized spacial score (nSPS) is 52.0. The number of oxime groups is 1. The quantitative estimate of drug-likeness (QED) is 0.587. The molecule has 3 aliphatic carbocycles. The highest BCUT2D eigenvalue weighted by Crippen LogP contribution is 2.56. The Bertz CT molecular complexity index is 458. The molecule has 0 aromatic rings. The van der Waals surface area contributed by atoms with Crippen molar-refractivity contribution >= 4 is 5.71 Å². The van der Waals surface area contributed by atoms with Crippen LogP contribution in [0.15, 0.2) is 5.16 Å². The van der Waals surface area contributed by atoms with E-state index < -0.39 is 0 Å². The molecule has 4 bridgehead atoms. The smallest absolute Gasteiger partial charge is 0.0775 e. The molecule has 112 valence electrons. The molecule has 0 amide bonds. The van der Waals surface area contributed by atoms with Gasteiger partial charge in [-0.2, -0.15) is 0 Å². The SMILES string of the molecule is CC1(C)C[C@H]2C[C@@](C)(CN2[C@@H]2/C(=N\O)[C@H]3CC[C@H]2C3)C1. The van der Waals surface area contributed by atoms with Crippen LogP contribution in [-0.2, 0) is 0 Å². The minimum atomic E-state index is 0.458. The van der Waals surface area contributed by atoms with Crippen molar-refractivity contribution in [1.29, 1.82) is 0 Å². The summed E-state index contributed by atoms with van der Waals surface area (Å²) in [4.78, 5) is 2.74. The molecule has 0 aromatic carbocycles. The minimum absolute atomic E-state index is 0.458. The number of hydrogen-bond donors (Lipinski definition) is 1. The Morgan fingerprint density at radius 3 is 2.75 bits per heavy atom. The molecule has 0 aromatic heterocycles. The van der Waals surface area contributed by atoms with Crippen LogP contribution >= 0.6 is 0 Å². The fourth-order valence-corrected chi connectivity index (χ4v) is 6.47. The van der Waals surface area contributed by atoms with Crippen molar-refractivity contribution in [3.8, 4) is 0 Å². The standard InChI is InChI=1S/C17H28N2O/c1-16(2)7-13-8-17(3,9-16)10-19(13)15-12-5-4-11(6-12)14(15)18-20/h11-13,15,20H,4-10H2,1-3H3/b18-14-/t11-,12-,13-,15-,17+/m0/s1. The van der Waals surface area contributed by atoms with Gasteiger partial charge in [-0.1, -0.05) is 25.9 Å². The molecule has 1 aliphatic heterocycles. The monoisotopic (exact) mass is 276 g/mol. The molecule has 4 fully saturated rings. The zero-order valence-electron chi connectivity index (χ0n) is 13.1. The van der Waals surface area contributed by atoms with Crippen molar-refractivity contribution in [2.75, 3.05) is 6.54 Å². The van der Waals surface area contributed by atoms with Crippen LogP contribution in [0.4, 0.5) is 0 Å². The maximum absolute atomic E-state index is 9.49. The maximum atomic E-state index is 9.49. The lowest BCUT2D eigenvalue weighted by Crippen LogP contribution is -2.47. The van der Waals surface area contributed by atoms with E-state index in [0.717, 1.165) is 11.6 Å². The Labute approximate surface area is 122 Å². The highest BCUT2D eigenvalue weighted by molar-refractivity contribution is 5.94. The summed E-state index contributed by atoms with van der Waals surface area (Å²) >= 11 is 0. The Morgan fingerprint density at radius 2 is 2.00 bits per heavy atom. The summed E-state index contributed by atoms with van der Waals surface area (Å²) in [6.07, 6.45) is 7.88. The van der Waals surface area contributed by atoms with Crippen molar-refractivity contribution in [1.82, 2.24) is 4.90 Å². The molecule has 3 heteroatoms. The van der Waals surface area contributed by atoms with E-state index in [9.17, 15) is 5.21 Å². The van der Waals surface area contributed by atoms with E-state index >= 15 is 0 Å². The van der Waals surface area contributed by atoms with Crippen LogP contribution in [0.3, 0.4) is 0 Å². The molecule has 0 spiro atoms. The predicted molar refractivity (Wildman–Crippen MR) is 80.1 cm³/mol. The molecule has 3 nitrogen and oxygen atoms in total. The topological polar surface area (TPSA) is 35.8 Å². The first-order chi connectivity index (χ1) is 9.41. The van der Waals surface area contributed by atoms with Crippen LogP contribution < -0.4 is 0 Å². The third-order valence-electron chi connectivity index (χ3n) is 6.57. The van der Waals surface area contributed by atoms with Gasteiger partial charge in [0.1, 0.15) is 0 Å². The summed E-state index contributed by atoms with van der Waals surface area (Å²) in [6.45, 7) is 8.56. The van der Waals surface area contributed by atoms with Crippen molar-refractivity contribution in [3.05, 3.63) is 0 Å². The Morgan fingerprint density at radius 1 is 1.20 bits per heavy atom. The van der Waals surface area contributed by atoms with E-state index in [0.29, 0.717) is 28.8 Å². The number of fused-ring (bicyclic) bond motifs is 4. The van der Waals surface area contributed by atoms with Gasteiger partial charge >= 0.3 is 0 Å². The molecule has 5 atom stereocenters. The molecular formula is C17H28N2O. The fourth-order valence-electron chi connectivity index (χ4n) is 6.47. The molecule has 4 aliphatic rings. The van der Waals surface area contributed by atoms with E-state index in [1.54, 1.807) is 0 Å². The number of hydrogen-bond acceptors (Lipinski definition) is 3. The van der Waals surface area contributed by atoms with Crippen LogP contribution in [0.25, 0.3) is 0 Å². The van der Waals surface area contributed by atoms with Gasteiger partial charge in [-0.25, -0.2) is 0 Å². The minimum Gasteiger partial charge on any atom is -0.411 e. The van der Waals surface area contributed by atoms with Gasteiger partial charge in [-0.15, -0.1) is 0 Å². The zero-order valence-corrected chi connectivity index (χ0v) is 13.1. The molecule has 0 unspecified atom stereocenters. The molecule has 1 saturated heterocycles. The zero-order chi connectivity index (χ0) is 14.1. The molecule has 3 saturated carbocycles. The first-order valence-corrected chi connectivity index (χ1v) is 8.38. The number of nitrogens with zero attached hydrogens (tertiary/aromatic N) is 2. The lowest BCUT2D eigenvalue weighted by molar-refractivity contribution is 0.118. The predicted octanol–water partition coefficient (Wildman–Crippen LogP) is 3.52. The van der Waals surface area contributed by atoms with Gasteiger partial charge in [-0.05, 0) is 55.3 Å². The van der Waals surface area contributed by atoms with Gasteiger partial charge < -0.3 is 5.21 Å². The summed E-state index contributed by atoms with van der Waals surface area (Å²) in [5, 5.41) is 13.2. The molecule has 4 rings (SSSR count). The van der Waals surface area contributed by atoms with E-state index in [1.807, 2.05) is 0 Å². The summed E-state index contributed by atoms with van der Waals surface area (Å²) in [5.41, 5.74) is 2.07. The molecule has 1 N–H and O–H groups in total. The molecule has 1 heterocycles. The van der Waals surface area contributed by atoms with Gasteiger partial charge in [0, 0.05) is 18.5 Å². The second kappa shape index (κ2) is 4.00. The van der Waals surface area contributed by atoms with E-state index in [4.69, 9.17) is 0 Å². The largest absolute Gasteiger partial charge is 0.411 e. The summed E-state index contributed by atoms with van der Waals surface area (Å²) in [5.74, 6) is 1.34. The fraction of sp³-hybridized carbons (Fsp3) is 0.941. The van der Waals surface area contributed by atoms with E-state index in [2.05, 4.69) is 30.8 Å². The molecule has 0 radical (unpaired) electrons. The number of rotatable bonds is 1. The summed E-state index contributed by atoms with van der Waals surface area (Å²) in [6, 6.07) is 1.17. The Hall–Kier alpha value is -0.570. The first kappa shape index (κ1) is 13.1. The molecule has 20 heavy (non-hydrogen) atoms. The highest BCUT2D eigenvalue weighted by Gasteiger charge is 2.56. The second-order valence-corrected chi connectivity index (χ2v) is 9.13. The van der Waals surface area contributed by atoms with Crippen molar-refractivity contribution in [3.63, 3.8) is 0 Å². The van der Waals surface area contributed by atoms with Crippen molar-refractivity contribution < 1.29 is 5.21 Å². The molecular weight excluding hydrogens is 248 g/mol. The lowest BCUT2D eigenvalue weighted by atomic mass is 9.65. The third kappa shape index (κ3) is 1.78. The number of likely N-dealkylation sites (tertiary alicyclic amines) is 1. The van der Waals surface area contributed by atoms with Crippen LogP contribution in [0.2, 0.25) is 0 Å². The van der Waals surface area contributed by atoms with Gasteiger partial charge in [-0.3, -0.25) is 4.90 Å². The average Bonchev–Trinajstić information content (AvgIpc) is 2.98. The van der Waals surface area contributed by atoms with Crippen LogP contribution in [0.5, 0.6) is 0 Å². The van der Waals surface area contributed by atoms with Crippen molar-refractivity contribution in [2.45, 2.75) is 71.4 Å². The van der Waals surface area contributed by atoms with Gasteiger partial charge in [0.25, 0.3) is 0 Å². The van der Waals surface area contributed by atoms with Crippen LogP contribution in [0, 0.1) is 22.7 Å². The lowest BCUT2D eigenvalue weighted by Gasteiger charge is -2.41. The first-order valence-electron chi connectivity index (χ1n) is 8.38. The van der Waals surface area contributed by atoms with Gasteiger partial charge in [0.15, 0.2) is 0 Å². The average molecular weight is 276 g/mol. The Balaban J connectivity index is 1.64. The maximum Gasteiger partial charge on any atom is 0.0775 e.